The summed E-state index contributed by atoms with van der Waals surface area (Å²) >= 11 is 1.42. The first-order valence-electron chi connectivity index (χ1n) is 9.57. The molecule has 0 saturated heterocycles. The first-order valence-corrected chi connectivity index (χ1v) is 10.5. The summed E-state index contributed by atoms with van der Waals surface area (Å²) in [7, 11) is 1.59. The Kier molecular flexibility index (Phi) is 5.71. The van der Waals surface area contributed by atoms with E-state index < -0.39 is 5.25 Å². The van der Waals surface area contributed by atoms with E-state index in [0.717, 1.165) is 24.2 Å². The molecule has 0 bridgehead atoms. The Hall–Kier alpha value is -3.00. The number of carbonyl (C=O) groups excluding carboxylic acids is 1. The number of hydrogen-bond donors (Lipinski definition) is 2. The maximum Gasteiger partial charge on any atom is 0.240 e. The molecule has 4 rings (SSSR count). The highest BCUT2D eigenvalue weighted by Gasteiger charge is 2.37. The zero-order valence-electron chi connectivity index (χ0n) is 16.3. The van der Waals surface area contributed by atoms with E-state index in [-0.39, 0.29) is 11.9 Å². The average Bonchev–Trinajstić information content (AvgIpc) is 3.16. The van der Waals surface area contributed by atoms with Gasteiger partial charge in [-0.05, 0) is 24.1 Å². The quantitative estimate of drug-likeness (QED) is 0.647. The van der Waals surface area contributed by atoms with Gasteiger partial charge in [0.2, 0.25) is 11.1 Å². The Bertz CT molecular complexity index is 992. The Morgan fingerprint density at radius 2 is 1.93 bits per heavy atom. The number of rotatable bonds is 6. The van der Waals surface area contributed by atoms with E-state index in [1.165, 1.54) is 11.8 Å². The van der Waals surface area contributed by atoms with Crippen molar-refractivity contribution in [2.45, 2.75) is 36.2 Å². The summed E-state index contributed by atoms with van der Waals surface area (Å²) in [5.74, 6) is 1.38. The number of nitrogens with one attached hydrogen (secondary N) is 2. The van der Waals surface area contributed by atoms with Crippen LogP contribution in [0, 0.1) is 0 Å². The Labute approximate surface area is 173 Å². The number of anilines is 1. The molecule has 29 heavy (non-hydrogen) atoms. The Balaban J connectivity index is 1.66. The molecule has 8 heteroatoms. The number of benzene rings is 2. The monoisotopic (exact) mass is 409 g/mol. The van der Waals surface area contributed by atoms with E-state index >= 15 is 0 Å². The van der Waals surface area contributed by atoms with Crippen molar-refractivity contribution in [1.29, 1.82) is 0 Å². The molecule has 0 spiro atoms. The van der Waals surface area contributed by atoms with Gasteiger partial charge in [0.25, 0.3) is 0 Å². The smallest absolute Gasteiger partial charge is 0.240 e. The summed E-state index contributed by atoms with van der Waals surface area (Å²) in [6.45, 7) is 2.11. The van der Waals surface area contributed by atoms with Crippen LogP contribution in [0.4, 0.5) is 5.69 Å². The van der Waals surface area contributed by atoms with Gasteiger partial charge in [0.15, 0.2) is 5.82 Å². The van der Waals surface area contributed by atoms with E-state index in [1.807, 2.05) is 59.3 Å². The third-order valence-electron chi connectivity index (χ3n) is 4.76. The number of para-hydroxylation sites is 2. The van der Waals surface area contributed by atoms with E-state index in [0.29, 0.717) is 16.6 Å². The fourth-order valence-corrected chi connectivity index (χ4v) is 4.45. The molecule has 2 N–H and O–H groups in total. The zero-order chi connectivity index (χ0) is 20.2. The van der Waals surface area contributed by atoms with E-state index in [1.54, 1.807) is 7.11 Å². The van der Waals surface area contributed by atoms with Crippen LogP contribution in [-0.4, -0.2) is 33.1 Å². The van der Waals surface area contributed by atoms with Gasteiger partial charge in [-0.25, -0.2) is 4.68 Å². The summed E-state index contributed by atoms with van der Waals surface area (Å²) in [6.07, 6.45) is 1.79. The number of carbonyl (C=O) groups is 1. The molecule has 2 heterocycles. The molecule has 0 saturated carbocycles. The first-order chi connectivity index (χ1) is 14.2. The van der Waals surface area contributed by atoms with Crippen molar-refractivity contribution in [3.8, 4) is 5.75 Å². The van der Waals surface area contributed by atoms with Gasteiger partial charge in [0.1, 0.15) is 11.0 Å². The molecule has 1 aliphatic rings. The topological polar surface area (TPSA) is 81.1 Å². The maximum absolute atomic E-state index is 13.3. The molecule has 0 fully saturated rings. The molecule has 150 valence electrons. The second-order valence-electron chi connectivity index (χ2n) is 6.73. The second-order valence-corrected chi connectivity index (χ2v) is 7.84. The maximum atomic E-state index is 13.3. The number of aromatic nitrogens is 3. The Morgan fingerprint density at radius 1 is 1.17 bits per heavy atom. The normalized spacial score (nSPS) is 17.9. The van der Waals surface area contributed by atoms with E-state index in [4.69, 9.17) is 4.74 Å². The van der Waals surface area contributed by atoms with Gasteiger partial charge in [0.05, 0.1) is 18.8 Å². The van der Waals surface area contributed by atoms with Crippen LogP contribution >= 0.6 is 11.8 Å². The number of methoxy groups -OCH3 is 1. The number of fused-ring (bicyclic) bond motifs is 1. The lowest BCUT2D eigenvalue weighted by molar-refractivity contribution is -0.116. The van der Waals surface area contributed by atoms with Crippen LogP contribution in [-0.2, 0) is 11.2 Å². The zero-order valence-corrected chi connectivity index (χ0v) is 17.1. The number of nitrogens with zero attached hydrogens (tertiary/aromatic N) is 3. The van der Waals surface area contributed by atoms with Gasteiger partial charge in [0, 0.05) is 6.42 Å². The van der Waals surface area contributed by atoms with Crippen molar-refractivity contribution in [2.75, 3.05) is 17.9 Å². The van der Waals surface area contributed by atoms with Crippen LogP contribution in [0.2, 0.25) is 0 Å². The Morgan fingerprint density at radius 3 is 2.69 bits per heavy atom. The highest BCUT2D eigenvalue weighted by Crippen LogP contribution is 2.38. The fourth-order valence-electron chi connectivity index (χ4n) is 3.35. The molecular formula is C21H23N5O2S. The minimum atomic E-state index is -0.423. The lowest BCUT2D eigenvalue weighted by atomic mass is 10.0. The fraction of sp³-hybridized carbons (Fsp3) is 0.286. The largest absolute Gasteiger partial charge is 0.495 e. The molecule has 3 aromatic rings. The molecule has 1 aromatic heterocycles. The third kappa shape index (κ3) is 3.93. The van der Waals surface area contributed by atoms with Gasteiger partial charge in [-0.2, -0.15) is 0 Å². The number of ether oxygens (including phenoxy) is 1. The van der Waals surface area contributed by atoms with Gasteiger partial charge in [-0.15, -0.1) is 10.2 Å². The number of amides is 1. The molecule has 0 aliphatic carbocycles. The van der Waals surface area contributed by atoms with Crippen LogP contribution in [0.15, 0.2) is 59.8 Å². The lowest BCUT2D eigenvalue weighted by Gasteiger charge is -2.33. The van der Waals surface area contributed by atoms with Crippen molar-refractivity contribution in [3.63, 3.8) is 0 Å². The molecule has 2 atom stereocenters. The number of thioether (sulfide) groups is 1. The molecule has 2 aromatic carbocycles. The highest BCUT2D eigenvalue weighted by atomic mass is 32.2. The predicted octanol–water partition coefficient (Wildman–Crippen LogP) is 3.64. The van der Waals surface area contributed by atoms with Crippen molar-refractivity contribution >= 4 is 23.4 Å². The molecule has 0 radical (unpaired) electrons. The summed E-state index contributed by atoms with van der Waals surface area (Å²) in [5.41, 5.74) is 5.14. The van der Waals surface area contributed by atoms with E-state index in [2.05, 4.69) is 27.9 Å². The molecule has 1 aliphatic heterocycles. The van der Waals surface area contributed by atoms with Gasteiger partial charge >= 0.3 is 0 Å². The van der Waals surface area contributed by atoms with Gasteiger partial charge < -0.3 is 15.5 Å². The molecule has 7 nitrogen and oxygen atoms in total. The highest BCUT2D eigenvalue weighted by molar-refractivity contribution is 8.00. The molecule has 1 amide bonds. The van der Waals surface area contributed by atoms with Crippen molar-refractivity contribution in [3.05, 3.63) is 66.0 Å². The van der Waals surface area contributed by atoms with Crippen LogP contribution in [0.1, 0.15) is 30.8 Å². The number of hydrogen-bond acceptors (Lipinski definition) is 6. The van der Waals surface area contributed by atoms with Crippen LogP contribution < -0.4 is 15.5 Å². The minimum absolute atomic E-state index is 0.118. The van der Waals surface area contributed by atoms with Crippen LogP contribution in [0.25, 0.3) is 0 Å². The van der Waals surface area contributed by atoms with Crippen molar-refractivity contribution < 1.29 is 9.53 Å². The predicted molar refractivity (Wildman–Crippen MR) is 114 cm³/mol. The average molecular weight is 410 g/mol. The first kappa shape index (κ1) is 19.3. The summed E-state index contributed by atoms with van der Waals surface area (Å²) < 4.78 is 7.28. The van der Waals surface area contributed by atoms with Crippen LogP contribution in [0.3, 0.4) is 0 Å². The SMILES string of the molecule is CCCc1nnc2n1N[C@H](c1ccccc1)[C@@H](C(=O)Nc1ccccc1OC)S2. The summed E-state index contributed by atoms with van der Waals surface area (Å²) in [5, 5.41) is 11.9. The second kappa shape index (κ2) is 8.57. The van der Waals surface area contributed by atoms with Crippen LogP contribution in [0.5, 0.6) is 5.75 Å². The van der Waals surface area contributed by atoms with Gasteiger partial charge in [-0.3, -0.25) is 4.79 Å². The van der Waals surface area contributed by atoms with Gasteiger partial charge in [-0.1, -0.05) is 61.2 Å². The minimum Gasteiger partial charge on any atom is -0.495 e. The molecule has 0 unspecified atom stereocenters. The van der Waals surface area contributed by atoms with Crippen molar-refractivity contribution in [1.82, 2.24) is 14.9 Å². The standard InChI is InChI=1S/C21H23N5O2S/c1-3-9-17-23-24-21-26(17)25-18(14-10-5-4-6-11-14)19(29-21)20(27)22-15-12-7-8-13-16(15)28-2/h4-8,10-13,18-19,25H,3,9H2,1-2H3,(H,22,27)/t18-,19+/m1/s1. The van der Waals surface area contributed by atoms with Crippen molar-refractivity contribution in [2.24, 2.45) is 0 Å². The van der Waals surface area contributed by atoms with E-state index in [9.17, 15) is 4.79 Å². The lowest BCUT2D eigenvalue weighted by Crippen LogP contribution is -2.41. The molecular weight excluding hydrogens is 386 g/mol. The summed E-state index contributed by atoms with van der Waals surface area (Å²) in [6, 6.07) is 17.1. The summed E-state index contributed by atoms with van der Waals surface area (Å²) in [4.78, 5) is 13.3. The third-order valence-corrected chi connectivity index (χ3v) is 5.97. The number of aryl methyl sites for hydroxylation is 1.